The van der Waals surface area contributed by atoms with Crippen LogP contribution in [0.25, 0.3) is 5.69 Å². The summed E-state index contributed by atoms with van der Waals surface area (Å²) in [4.78, 5) is 43.5. The van der Waals surface area contributed by atoms with E-state index in [0.29, 0.717) is 12.1 Å². The molecule has 190 valence electrons. The molecule has 2 heterocycles. The van der Waals surface area contributed by atoms with Crippen molar-refractivity contribution in [3.63, 3.8) is 0 Å². The second kappa shape index (κ2) is 10.6. The first-order valence-electron chi connectivity index (χ1n) is 11.3. The van der Waals surface area contributed by atoms with Gasteiger partial charge in [-0.2, -0.15) is 23.0 Å². The Morgan fingerprint density at radius 2 is 1.68 bits per heavy atom. The second-order valence-electron chi connectivity index (χ2n) is 8.29. The molecule has 0 unspecified atom stereocenters. The van der Waals surface area contributed by atoms with Gasteiger partial charge in [0.25, 0.3) is 11.5 Å². The van der Waals surface area contributed by atoms with Crippen LogP contribution in [0.15, 0.2) is 82.5 Å². The van der Waals surface area contributed by atoms with Gasteiger partial charge in [-0.15, -0.1) is 0 Å². The molecule has 0 saturated heterocycles. The summed E-state index contributed by atoms with van der Waals surface area (Å²) in [5.41, 5.74) is -0.920. The van der Waals surface area contributed by atoms with Gasteiger partial charge in [-0.05, 0) is 48.9 Å². The van der Waals surface area contributed by atoms with Gasteiger partial charge in [-0.3, -0.25) is 19.1 Å². The third kappa shape index (κ3) is 6.00. The maximum atomic E-state index is 13.2. The van der Waals surface area contributed by atoms with Crippen LogP contribution in [0.4, 0.5) is 13.2 Å². The minimum atomic E-state index is -4.52. The first-order chi connectivity index (χ1) is 17.6. The molecule has 0 atom stereocenters. The second-order valence-corrected chi connectivity index (χ2v) is 8.29. The normalized spacial score (nSPS) is 11.4. The molecule has 4 rings (SSSR count). The molecule has 0 saturated carbocycles. The Kier molecular flexibility index (Phi) is 7.32. The standard InChI is InChI=1S/C26H22F3N5O3/c1-17-5-11-21(12-6-17)34-25(37)33(16-18-7-9-19(10-8-18)26(27,28)29)24(36)22(32-34)23(35)31-15-13-20-4-2-3-14-30-20/h2-12,14H,13,15-16H2,1H3,(H,31,35). The molecular weight excluding hydrogens is 487 g/mol. The number of carbonyl (C=O) groups is 1. The highest BCUT2D eigenvalue weighted by Gasteiger charge is 2.30. The summed E-state index contributed by atoms with van der Waals surface area (Å²) in [5, 5.41) is 6.66. The largest absolute Gasteiger partial charge is 0.416 e. The van der Waals surface area contributed by atoms with E-state index in [1.54, 1.807) is 42.6 Å². The van der Waals surface area contributed by atoms with E-state index in [-0.39, 0.29) is 18.7 Å². The quantitative estimate of drug-likeness (QED) is 0.413. The van der Waals surface area contributed by atoms with E-state index in [4.69, 9.17) is 0 Å². The Balaban J connectivity index is 1.70. The minimum Gasteiger partial charge on any atom is -0.350 e. The van der Waals surface area contributed by atoms with Crippen molar-refractivity contribution < 1.29 is 18.0 Å². The van der Waals surface area contributed by atoms with Crippen molar-refractivity contribution in [1.82, 2.24) is 24.6 Å². The summed E-state index contributed by atoms with van der Waals surface area (Å²) < 4.78 is 40.5. The number of pyridine rings is 1. The lowest BCUT2D eigenvalue weighted by Crippen LogP contribution is -2.46. The van der Waals surface area contributed by atoms with E-state index in [9.17, 15) is 27.6 Å². The first-order valence-corrected chi connectivity index (χ1v) is 11.3. The van der Waals surface area contributed by atoms with Gasteiger partial charge in [-0.1, -0.05) is 35.9 Å². The molecule has 1 amide bonds. The summed E-state index contributed by atoms with van der Waals surface area (Å²) in [6, 6.07) is 16.1. The molecule has 11 heteroatoms. The predicted octanol–water partition coefficient (Wildman–Crippen LogP) is 3.14. The fourth-order valence-electron chi connectivity index (χ4n) is 3.57. The predicted molar refractivity (Wildman–Crippen MR) is 130 cm³/mol. The Labute approximate surface area is 209 Å². The lowest BCUT2D eigenvalue weighted by molar-refractivity contribution is -0.137. The van der Waals surface area contributed by atoms with Crippen LogP contribution in [0.1, 0.15) is 32.9 Å². The Bertz CT molecular complexity index is 1510. The van der Waals surface area contributed by atoms with Crippen LogP contribution in [0.3, 0.4) is 0 Å². The highest BCUT2D eigenvalue weighted by molar-refractivity contribution is 5.91. The van der Waals surface area contributed by atoms with Crippen molar-refractivity contribution in [2.45, 2.75) is 26.1 Å². The lowest BCUT2D eigenvalue weighted by Gasteiger charge is -2.13. The van der Waals surface area contributed by atoms with Gasteiger partial charge in [0.05, 0.1) is 17.8 Å². The number of hydrogen-bond acceptors (Lipinski definition) is 5. The Hall–Kier alpha value is -4.54. The zero-order valence-corrected chi connectivity index (χ0v) is 19.7. The Morgan fingerprint density at radius 1 is 0.973 bits per heavy atom. The number of amides is 1. The molecule has 0 aliphatic heterocycles. The topological polar surface area (TPSA) is 98.9 Å². The highest BCUT2D eigenvalue weighted by Crippen LogP contribution is 2.29. The highest BCUT2D eigenvalue weighted by atomic mass is 19.4. The molecule has 8 nitrogen and oxygen atoms in total. The van der Waals surface area contributed by atoms with Gasteiger partial charge >= 0.3 is 11.9 Å². The molecular formula is C26H22F3N5O3. The van der Waals surface area contributed by atoms with E-state index in [2.05, 4.69) is 15.4 Å². The van der Waals surface area contributed by atoms with Crippen molar-refractivity contribution in [3.05, 3.63) is 122 Å². The number of alkyl halides is 3. The molecule has 0 aliphatic carbocycles. The third-order valence-corrected chi connectivity index (χ3v) is 5.57. The van der Waals surface area contributed by atoms with Gasteiger partial charge < -0.3 is 5.32 Å². The van der Waals surface area contributed by atoms with Gasteiger partial charge in [0, 0.05) is 24.9 Å². The molecule has 4 aromatic rings. The molecule has 0 bridgehead atoms. The van der Waals surface area contributed by atoms with E-state index >= 15 is 0 Å². The van der Waals surface area contributed by atoms with Crippen LogP contribution in [0, 0.1) is 6.92 Å². The van der Waals surface area contributed by atoms with Crippen LogP contribution in [-0.4, -0.2) is 31.8 Å². The number of nitrogens with one attached hydrogen (secondary N) is 1. The van der Waals surface area contributed by atoms with Gasteiger partial charge in [-0.25, -0.2) is 4.79 Å². The van der Waals surface area contributed by atoms with Crippen LogP contribution in [0.2, 0.25) is 0 Å². The summed E-state index contributed by atoms with van der Waals surface area (Å²) in [5.74, 6) is -0.789. The zero-order chi connectivity index (χ0) is 26.6. The number of carbonyl (C=O) groups excluding carboxylic acids is 1. The average Bonchev–Trinajstić information content (AvgIpc) is 2.88. The number of halogens is 3. The molecule has 1 N–H and O–H groups in total. The number of hydrogen-bond donors (Lipinski definition) is 1. The molecule has 0 aliphatic rings. The van der Waals surface area contributed by atoms with Crippen LogP contribution >= 0.6 is 0 Å². The maximum Gasteiger partial charge on any atom is 0.416 e. The molecule has 0 spiro atoms. The summed E-state index contributed by atoms with van der Waals surface area (Å²) in [7, 11) is 0. The van der Waals surface area contributed by atoms with Crippen molar-refractivity contribution in [2.24, 2.45) is 0 Å². The van der Waals surface area contributed by atoms with Crippen LogP contribution in [-0.2, 0) is 19.1 Å². The fourth-order valence-corrected chi connectivity index (χ4v) is 3.57. The first kappa shape index (κ1) is 25.5. The number of rotatable bonds is 7. The van der Waals surface area contributed by atoms with Crippen molar-refractivity contribution in [2.75, 3.05) is 6.54 Å². The number of nitrogens with zero attached hydrogens (tertiary/aromatic N) is 4. The van der Waals surface area contributed by atoms with E-state index in [1.165, 1.54) is 12.1 Å². The number of aromatic nitrogens is 4. The minimum absolute atomic E-state index is 0.166. The molecule has 2 aromatic heterocycles. The van der Waals surface area contributed by atoms with E-state index in [0.717, 1.165) is 32.6 Å². The van der Waals surface area contributed by atoms with E-state index < -0.39 is 34.6 Å². The zero-order valence-electron chi connectivity index (χ0n) is 19.7. The molecule has 0 fully saturated rings. The van der Waals surface area contributed by atoms with E-state index in [1.807, 2.05) is 13.0 Å². The van der Waals surface area contributed by atoms with Gasteiger partial charge in [0.2, 0.25) is 5.69 Å². The smallest absolute Gasteiger partial charge is 0.350 e. The summed E-state index contributed by atoms with van der Waals surface area (Å²) in [6.45, 7) is 1.67. The van der Waals surface area contributed by atoms with Crippen molar-refractivity contribution >= 4 is 5.91 Å². The van der Waals surface area contributed by atoms with Gasteiger partial charge in [0.15, 0.2) is 0 Å². The monoisotopic (exact) mass is 509 g/mol. The SMILES string of the molecule is Cc1ccc(-n2nc(C(=O)NCCc3ccccn3)c(=O)n(Cc3ccc(C(F)(F)F)cc3)c2=O)cc1. The molecule has 2 aromatic carbocycles. The van der Waals surface area contributed by atoms with Gasteiger partial charge in [0.1, 0.15) is 0 Å². The lowest BCUT2D eigenvalue weighted by atomic mass is 10.1. The number of benzene rings is 2. The third-order valence-electron chi connectivity index (χ3n) is 5.57. The fraction of sp³-hybridized carbons (Fsp3) is 0.192. The number of aryl methyl sites for hydroxylation is 1. The van der Waals surface area contributed by atoms with Crippen LogP contribution in [0.5, 0.6) is 0 Å². The Morgan fingerprint density at radius 3 is 2.30 bits per heavy atom. The summed E-state index contributed by atoms with van der Waals surface area (Å²) in [6.07, 6.45) is -2.50. The average molecular weight is 509 g/mol. The van der Waals surface area contributed by atoms with Crippen LogP contribution < -0.4 is 16.6 Å². The molecule has 37 heavy (non-hydrogen) atoms. The summed E-state index contributed by atoms with van der Waals surface area (Å²) >= 11 is 0. The van der Waals surface area contributed by atoms with Crippen molar-refractivity contribution in [1.29, 1.82) is 0 Å². The molecule has 0 radical (unpaired) electrons. The maximum absolute atomic E-state index is 13.2. The van der Waals surface area contributed by atoms with Crippen molar-refractivity contribution in [3.8, 4) is 5.69 Å².